The lowest BCUT2D eigenvalue weighted by Gasteiger charge is -2.21. The number of nitrogens with one attached hydrogen (secondary N) is 3. The van der Waals surface area contributed by atoms with Crippen molar-refractivity contribution in [2.24, 2.45) is 23.5 Å². The van der Waals surface area contributed by atoms with Gasteiger partial charge in [-0.05, 0) is 67.2 Å². The molecule has 2 aromatic carbocycles. The maximum Gasteiger partial charge on any atom is 0.261 e. The predicted octanol–water partition coefficient (Wildman–Crippen LogP) is 5.05. The fraction of sp³-hybridized carbons (Fsp3) is 0.360. The summed E-state index contributed by atoms with van der Waals surface area (Å²) in [4.78, 5) is 13.1. The summed E-state index contributed by atoms with van der Waals surface area (Å²) in [5.74, 6) is 0.636. The van der Waals surface area contributed by atoms with Gasteiger partial charge in [-0.2, -0.15) is 0 Å². The van der Waals surface area contributed by atoms with E-state index in [0.29, 0.717) is 23.4 Å². The van der Waals surface area contributed by atoms with Gasteiger partial charge in [0.1, 0.15) is 17.2 Å². The number of carbonyl (C=O) groups excluding carboxylic acids is 1. The number of anilines is 1. The molecule has 0 spiro atoms. The zero-order valence-corrected chi connectivity index (χ0v) is 18.8. The topological polar surface area (TPSA) is 91.0 Å². The summed E-state index contributed by atoms with van der Waals surface area (Å²) < 4.78 is 13.5. The van der Waals surface area contributed by atoms with Gasteiger partial charge in [-0.1, -0.05) is 41.9 Å². The van der Waals surface area contributed by atoms with Gasteiger partial charge in [-0.15, -0.1) is 0 Å². The minimum absolute atomic E-state index is 0.0269. The molecule has 168 valence electrons. The second-order valence-corrected chi connectivity index (χ2v) is 9.13. The molecule has 2 aliphatic carbocycles. The first-order valence-corrected chi connectivity index (χ1v) is 11.3. The van der Waals surface area contributed by atoms with Crippen molar-refractivity contribution in [3.8, 4) is 0 Å². The number of nitrogens with two attached hydrogens (primary N) is 1. The minimum atomic E-state index is -0.562. The van der Waals surface area contributed by atoms with E-state index in [1.807, 2.05) is 6.07 Å². The molecule has 0 aromatic heterocycles. The van der Waals surface area contributed by atoms with E-state index in [1.165, 1.54) is 30.2 Å². The fourth-order valence-electron chi connectivity index (χ4n) is 5.43. The Labute approximate surface area is 192 Å². The van der Waals surface area contributed by atoms with Gasteiger partial charge < -0.3 is 21.8 Å². The molecule has 1 unspecified atom stereocenters. The van der Waals surface area contributed by atoms with Crippen LogP contribution in [0.5, 0.6) is 0 Å². The van der Waals surface area contributed by atoms with Crippen molar-refractivity contribution >= 4 is 28.9 Å². The number of hydrogen-bond acceptors (Lipinski definition) is 4. The highest BCUT2D eigenvalue weighted by Gasteiger charge is 2.45. The van der Waals surface area contributed by atoms with Gasteiger partial charge in [0.25, 0.3) is 5.91 Å². The lowest BCUT2D eigenvalue weighted by molar-refractivity contribution is -0.112. The highest BCUT2D eigenvalue weighted by Crippen LogP contribution is 2.54. The molecule has 4 atom stereocenters. The molecule has 2 aromatic rings. The molecule has 0 bridgehead atoms. The number of carbonyl (C=O) groups is 1. The van der Waals surface area contributed by atoms with Crippen LogP contribution < -0.4 is 16.4 Å². The second kappa shape index (κ2) is 9.33. The lowest BCUT2D eigenvalue weighted by Crippen LogP contribution is -2.32. The average Bonchev–Trinajstić information content (AvgIpc) is 3.38. The largest absolute Gasteiger partial charge is 0.385 e. The van der Waals surface area contributed by atoms with Crippen molar-refractivity contribution in [3.63, 3.8) is 0 Å². The Hall–Kier alpha value is -2.86. The van der Waals surface area contributed by atoms with Crippen LogP contribution in [0.25, 0.3) is 0 Å². The summed E-state index contributed by atoms with van der Waals surface area (Å²) in [7, 11) is 1.62. The first-order chi connectivity index (χ1) is 15.4. The Morgan fingerprint density at radius 1 is 1.16 bits per heavy atom. The van der Waals surface area contributed by atoms with Gasteiger partial charge in [-0.3, -0.25) is 4.79 Å². The molecule has 2 fully saturated rings. The Bertz CT molecular complexity index is 1060. The zero-order chi connectivity index (χ0) is 22.8. The highest BCUT2D eigenvalue weighted by molar-refractivity contribution is 6.31. The number of hydrogen-bond donors (Lipinski definition) is 4. The van der Waals surface area contributed by atoms with E-state index >= 15 is 0 Å². The molecule has 0 radical (unpaired) electrons. The normalized spacial score (nSPS) is 25.1. The van der Waals surface area contributed by atoms with Crippen molar-refractivity contribution in [1.29, 1.82) is 5.41 Å². The number of rotatable bonds is 6. The van der Waals surface area contributed by atoms with Crippen LogP contribution in [0.4, 0.5) is 10.1 Å². The van der Waals surface area contributed by atoms with E-state index in [9.17, 15) is 9.18 Å². The summed E-state index contributed by atoms with van der Waals surface area (Å²) in [6.45, 7) is 0. The Balaban J connectivity index is 1.52. The molecule has 2 saturated carbocycles. The predicted molar refractivity (Wildman–Crippen MR) is 126 cm³/mol. The number of halogens is 2. The third-order valence-electron chi connectivity index (χ3n) is 6.96. The third-order valence-corrected chi connectivity index (χ3v) is 7.25. The average molecular weight is 455 g/mol. The van der Waals surface area contributed by atoms with Crippen molar-refractivity contribution in [3.05, 3.63) is 76.3 Å². The fourth-order valence-corrected chi connectivity index (χ4v) is 5.61. The molecule has 5 nitrogen and oxygen atoms in total. The maximum absolute atomic E-state index is 13.5. The minimum Gasteiger partial charge on any atom is -0.385 e. The smallest absolute Gasteiger partial charge is 0.261 e. The summed E-state index contributed by atoms with van der Waals surface area (Å²) in [6.07, 6.45) is 4.09. The quantitative estimate of drug-likeness (QED) is 0.363. The van der Waals surface area contributed by atoms with Crippen LogP contribution in [0.15, 0.2) is 59.9 Å². The number of benzene rings is 2. The molecular formula is C25H28ClFN4O. The van der Waals surface area contributed by atoms with Crippen molar-refractivity contribution in [2.45, 2.75) is 31.6 Å². The van der Waals surface area contributed by atoms with Crippen molar-refractivity contribution < 1.29 is 9.18 Å². The van der Waals surface area contributed by atoms with Crippen LogP contribution in [-0.4, -0.2) is 18.7 Å². The van der Waals surface area contributed by atoms with Crippen LogP contribution in [0.2, 0.25) is 5.02 Å². The maximum atomic E-state index is 13.5. The molecule has 5 N–H and O–H groups in total. The van der Waals surface area contributed by atoms with Crippen LogP contribution >= 0.6 is 11.6 Å². The number of amides is 1. The molecule has 0 heterocycles. The molecule has 7 heteroatoms. The Kier molecular flexibility index (Phi) is 6.51. The molecule has 0 aliphatic heterocycles. The van der Waals surface area contributed by atoms with E-state index in [0.717, 1.165) is 19.3 Å². The van der Waals surface area contributed by atoms with E-state index in [-0.39, 0.29) is 28.0 Å². The van der Waals surface area contributed by atoms with E-state index < -0.39 is 11.7 Å². The molecule has 1 amide bonds. The highest BCUT2D eigenvalue weighted by atomic mass is 35.5. The van der Waals surface area contributed by atoms with Crippen LogP contribution in [-0.2, 0) is 4.79 Å². The van der Waals surface area contributed by atoms with E-state index in [2.05, 4.69) is 34.9 Å². The Morgan fingerprint density at radius 2 is 1.91 bits per heavy atom. The summed E-state index contributed by atoms with van der Waals surface area (Å²) in [5.41, 5.74) is 8.21. The van der Waals surface area contributed by atoms with Crippen LogP contribution in [0.3, 0.4) is 0 Å². The van der Waals surface area contributed by atoms with Gasteiger partial charge in [0.15, 0.2) is 0 Å². The molecular weight excluding hydrogens is 427 g/mol. The van der Waals surface area contributed by atoms with Crippen molar-refractivity contribution in [1.82, 2.24) is 5.32 Å². The van der Waals surface area contributed by atoms with Gasteiger partial charge in [0, 0.05) is 18.7 Å². The summed E-state index contributed by atoms with van der Waals surface area (Å²) in [6, 6.07) is 14.5. The number of fused-ring (bicyclic) bond motifs is 1. The van der Waals surface area contributed by atoms with Crippen LogP contribution in [0.1, 0.15) is 37.2 Å². The van der Waals surface area contributed by atoms with E-state index in [1.54, 1.807) is 7.05 Å². The lowest BCUT2D eigenvalue weighted by atomic mass is 9.85. The molecule has 32 heavy (non-hydrogen) atoms. The summed E-state index contributed by atoms with van der Waals surface area (Å²) in [5, 5.41) is 14.3. The monoisotopic (exact) mass is 454 g/mol. The van der Waals surface area contributed by atoms with Gasteiger partial charge >= 0.3 is 0 Å². The molecule has 2 aliphatic rings. The summed E-state index contributed by atoms with van der Waals surface area (Å²) >= 11 is 5.83. The van der Waals surface area contributed by atoms with Gasteiger partial charge in [-0.25, -0.2) is 4.39 Å². The van der Waals surface area contributed by atoms with Crippen molar-refractivity contribution in [2.75, 3.05) is 12.4 Å². The SMILES string of the molecule is CN/C(N)=C(\C(=N)[C@@H]1CC2CC[C@@H](c3ccccc3)[C@@H]2C1)C(=O)Nc1ccc(F)c(Cl)c1. The third kappa shape index (κ3) is 4.37. The molecule has 4 rings (SSSR count). The molecule has 0 saturated heterocycles. The van der Waals surface area contributed by atoms with Gasteiger partial charge in [0.2, 0.25) is 0 Å². The van der Waals surface area contributed by atoms with Crippen LogP contribution in [0, 0.1) is 29.0 Å². The second-order valence-electron chi connectivity index (χ2n) is 8.72. The van der Waals surface area contributed by atoms with Gasteiger partial charge in [0.05, 0.1) is 10.7 Å². The zero-order valence-electron chi connectivity index (χ0n) is 18.0. The first-order valence-electron chi connectivity index (χ1n) is 11.0. The Morgan fingerprint density at radius 3 is 2.59 bits per heavy atom. The standard InChI is InChI=1S/C25H28ClFN4O/c1-30-24(29)22(25(32)31-17-8-10-21(27)20(26)13-17)23(28)16-11-15-7-9-18(19(15)12-16)14-5-3-2-4-6-14/h2-6,8,10,13,15-16,18-19,28,30H,7,9,11-12,29H2,1H3,(H,31,32)/b24-22+,28-23?/t15?,16-,18+,19-/m1/s1. The first kappa shape index (κ1) is 22.3. The van der Waals surface area contributed by atoms with E-state index in [4.69, 9.17) is 22.7 Å².